The number of carboxylic acids is 1. The lowest BCUT2D eigenvalue weighted by atomic mass is 9.94. The molecule has 0 aliphatic carbocycles. The van der Waals surface area contributed by atoms with Gasteiger partial charge >= 0.3 is 5.97 Å². The standard InChI is InChI=1S/C23H21F2N3O5S/c1-11(2)27-10-23(3,22(32)33)28-9-15(18(29)19(30)17(28)21(27)31)20-26-8-14(34-20)6-12-4-5-13(24)7-16(12)25/h4-5,7-9,11,30H,6,10H2,1-3H3,(H,32,33). The monoisotopic (exact) mass is 489 g/mol. The molecule has 3 aromatic rings. The lowest BCUT2D eigenvalue weighted by Gasteiger charge is -2.42. The van der Waals surface area contributed by atoms with Crippen molar-refractivity contribution in [1.29, 1.82) is 0 Å². The first-order valence-corrected chi connectivity index (χ1v) is 11.2. The summed E-state index contributed by atoms with van der Waals surface area (Å²) in [7, 11) is 0. The van der Waals surface area contributed by atoms with Gasteiger partial charge in [-0.1, -0.05) is 6.07 Å². The van der Waals surface area contributed by atoms with E-state index in [0.29, 0.717) is 4.88 Å². The van der Waals surface area contributed by atoms with Crippen LogP contribution in [0.1, 0.15) is 41.7 Å². The summed E-state index contributed by atoms with van der Waals surface area (Å²) in [5.74, 6) is -4.17. The molecular formula is C23H21F2N3O5S. The van der Waals surface area contributed by atoms with Crippen LogP contribution < -0.4 is 5.43 Å². The highest BCUT2D eigenvalue weighted by molar-refractivity contribution is 7.15. The molecule has 1 amide bonds. The van der Waals surface area contributed by atoms with Crippen molar-refractivity contribution in [2.75, 3.05) is 6.54 Å². The quantitative estimate of drug-likeness (QED) is 0.569. The Morgan fingerprint density at radius 1 is 1.29 bits per heavy atom. The number of aromatic hydroxyl groups is 1. The fourth-order valence-corrected chi connectivity index (χ4v) is 4.86. The summed E-state index contributed by atoms with van der Waals surface area (Å²) in [6, 6.07) is 2.87. The minimum absolute atomic E-state index is 0.0876. The third-order valence-corrected chi connectivity index (χ3v) is 6.93. The molecule has 1 aliphatic heterocycles. The maximum absolute atomic E-state index is 14.0. The van der Waals surface area contributed by atoms with Crippen LogP contribution in [0.5, 0.6) is 5.75 Å². The summed E-state index contributed by atoms with van der Waals surface area (Å²) >= 11 is 1.04. The van der Waals surface area contributed by atoms with E-state index >= 15 is 0 Å². The number of pyridine rings is 1. The van der Waals surface area contributed by atoms with Crippen LogP contribution in [0.4, 0.5) is 8.78 Å². The van der Waals surface area contributed by atoms with Gasteiger partial charge < -0.3 is 19.7 Å². The zero-order valence-electron chi connectivity index (χ0n) is 18.5. The Morgan fingerprint density at radius 3 is 2.62 bits per heavy atom. The SMILES string of the molecule is CC(C)N1CC(C)(C(=O)O)n2cc(-c3ncc(Cc4ccc(F)cc4F)s3)c(=O)c(O)c2C1=O. The number of carbonyl (C=O) groups is 2. The Kier molecular flexibility index (Phi) is 5.76. The Balaban J connectivity index is 1.82. The fourth-order valence-electron chi connectivity index (χ4n) is 3.92. The first kappa shape index (κ1) is 23.6. The minimum atomic E-state index is -1.65. The van der Waals surface area contributed by atoms with E-state index in [9.17, 15) is 33.4 Å². The topological polar surface area (TPSA) is 113 Å². The molecular weight excluding hydrogens is 468 g/mol. The third kappa shape index (κ3) is 3.75. The molecule has 0 spiro atoms. The zero-order chi connectivity index (χ0) is 24.9. The molecule has 34 heavy (non-hydrogen) atoms. The molecule has 4 rings (SSSR count). The molecule has 2 N–H and O–H groups in total. The van der Waals surface area contributed by atoms with Crippen molar-refractivity contribution in [2.24, 2.45) is 0 Å². The number of nitrogens with zero attached hydrogens (tertiary/aromatic N) is 3. The van der Waals surface area contributed by atoms with Gasteiger partial charge in [0.2, 0.25) is 5.43 Å². The number of aliphatic carboxylic acids is 1. The molecule has 3 heterocycles. The number of carboxylic acid groups (broad SMARTS) is 1. The van der Waals surface area contributed by atoms with Crippen LogP contribution in [0.2, 0.25) is 0 Å². The predicted molar refractivity (Wildman–Crippen MR) is 120 cm³/mol. The van der Waals surface area contributed by atoms with Gasteiger partial charge in [0.05, 0.1) is 12.1 Å². The van der Waals surface area contributed by atoms with E-state index in [-0.39, 0.29) is 35.1 Å². The molecule has 0 radical (unpaired) electrons. The molecule has 1 aromatic carbocycles. The molecule has 0 fully saturated rings. The number of amides is 1. The van der Waals surface area contributed by atoms with Crippen LogP contribution in [0.25, 0.3) is 10.6 Å². The van der Waals surface area contributed by atoms with Gasteiger partial charge in [-0.15, -0.1) is 11.3 Å². The van der Waals surface area contributed by atoms with Crippen LogP contribution in [0.15, 0.2) is 35.4 Å². The second-order valence-corrected chi connectivity index (χ2v) is 9.70. The van der Waals surface area contributed by atoms with Gasteiger partial charge in [0.25, 0.3) is 5.91 Å². The van der Waals surface area contributed by atoms with Gasteiger partial charge in [0, 0.05) is 35.8 Å². The van der Waals surface area contributed by atoms with Gasteiger partial charge in [-0.05, 0) is 32.4 Å². The third-order valence-electron chi connectivity index (χ3n) is 5.90. The molecule has 178 valence electrons. The van der Waals surface area contributed by atoms with E-state index in [1.807, 2.05) is 0 Å². The van der Waals surface area contributed by atoms with Gasteiger partial charge in [-0.2, -0.15) is 0 Å². The molecule has 11 heteroatoms. The number of rotatable bonds is 5. The van der Waals surface area contributed by atoms with E-state index in [2.05, 4.69) is 4.98 Å². The largest absolute Gasteiger partial charge is 0.503 e. The Labute approximate surface area is 196 Å². The van der Waals surface area contributed by atoms with Crippen molar-refractivity contribution in [3.8, 4) is 16.3 Å². The normalized spacial score (nSPS) is 17.8. The van der Waals surface area contributed by atoms with E-state index in [0.717, 1.165) is 28.0 Å². The van der Waals surface area contributed by atoms with Gasteiger partial charge in [0.15, 0.2) is 17.0 Å². The number of fused-ring (bicyclic) bond motifs is 1. The number of carbonyl (C=O) groups excluding carboxylic acids is 1. The average Bonchev–Trinajstić information content (AvgIpc) is 3.22. The predicted octanol–water partition coefficient (Wildman–Crippen LogP) is 3.21. The fraction of sp³-hybridized carbons (Fsp3) is 0.304. The van der Waals surface area contributed by atoms with Gasteiger partial charge in [-0.25, -0.2) is 18.6 Å². The first-order valence-electron chi connectivity index (χ1n) is 10.4. The van der Waals surface area contributed by atoms with Crippen molar-refractivity contribution in [3.63, 3.8) is 0 Å². The molecule has 0 saturated heterocycles. The average molecular weight is 490 g/mol. The molecule has 0 bridgehead atoms. The highest BCUT2D eigenvalue weighted by Crippen LogP contribution is 2.35. The molecule has 8 nitrogen and oxygen atoms in total. The summed E-state index contributed by atoms with van der Waals surface area (Å²) in [6.07, 6.45) is 2.74. The van der Waals surface area contributed by atoms with E-state index in [1.165, 1.54) is 30.3 Å². The number of hydrogen-bond acceptors (Lipinski definition) is 6. The molecule has 1 atom stereocenters. The van der Waals surface area contributed by atoms with Crippen LogP contribution in [0, 0.1) is 11.6 Å². The molecule has 2 aromatic heterocycles. The minimum Gasteiger partial charge on any atom is -0.503 e. The number of halogens is 2. The Morgan fingerprint density at radius 2 is 2.00 bits per heavy atom. The lowest BCUT2D eigenvalue weighted by Crippen LogP contribution is -2.58. The van der Waals surface area contributed by atoms with Gasteiger partial charge in [-0.3, -0.25) is 9.59 Å². The molecule has 1 unspecified atom stereocenters. The second-order valence-electron chi connectivity index (χ2n) is 8.59. The van der Waals surface area contributed by atoms with E-state index < -0.39 is 45.9 Å². The highest BCUT2D eigenvalue weighted by atomic mass is 32.1. The Bertz CT molecular complexity index is 1380. The van der Waals surface area contributed by atoms with Crippen molar-refractivity contribution in [3.05, 3.63) is 68.6 Å². The van der Waals surface area contributed by atoms with Crippen LogP contribution >= 0.6 is 11.3 Å². The van der Waals surface area contributed by atoms with Crippen LogP contribution in [0.3, 0.4) is 0 Å². The van der Waals surface area contributed by atoms with E-state index in [1.54, 1.807) is 13.8 Å². The lowest BCUT2D eigenvalue weighted by molar-refractivity contribution is -0.148. The van der Waals surface area contributed by atoms with Crippen molar-refractivity contribution >= 4 is 23.2 Å². The highest BCUT2D eigenvalue weighted by Gasteiger charge is 2.47. The summed E-state index contributed by atoms with van der Waals surface area (Å²) in [5, 5.41) is 20.8. The zero-order valence-corrected chi connectivity index (χ0v) is 19.3. The molecule has 1 aliphatic rings. The summed E-state index contributed by atoms with van der Waals surface area (Å²) in [5.41, 5.74) is -2.77. The number of thiazole rings is 1. The maximum atomic E-state index is 14.0. The Hall–Kier alpha value is -3.60. The van der Waals surface area contributed by atoms with Crippen molar-refractivity contribution < 1.29 is 28.6 Å². The number of aromatic nitrogens is 2. The second kappa shape index (κ2) is 8.32. The maximum Gasteiger partial charge on any atom is 0.331 e. The smallest absolute Gasteiger partial charge is 0.331 e. The summed E-state index contributed by atoms with van der Waals surface area (Å²) in [6.45, 7) is 4.65. The summed E-state index contributed by atoms with van der Waals surface area (Å²) in [4.78, 5) is 44.2. The van der Waals surface area contributed by atoms with Crippen LogP contribution in [-0.4, -0.2) is 49.1 Å². The van der Waals surface area contributed by atoms with Gasteiger partial charge in [0.1, 0.15) is 16.6 Å². The number of hydrogen-bond donors (Lipinski definition) is 2. The first-order chi connectivity index (χ1) is 15.9. The number of benzene rings is 1. The summed E-state index contributed by atoms with van der Waals surface area (Å²) < 4.78 is 28.3. The van der Waals surface area contributed by atoms with E-state index in [4.69, 9.17) is 0 Å². The molecule has 0 saturated carbocycles. The van der Waals surface area contributed by atoms with Crippen molar-refractivity contribution in [1.82, 2.24) is 14.5 Å². The van der Waals surface area contributed by atoms with Crippen LogP contribution in [-0.2, 0) is 16.8 Å². The van der Waals surface area contributed by atoms with Crippen molar-refractivity contribution in [2.45, 2.75) is 38.8 Å².